The van der Waals surface area contributed by atoms with E-state index in [1.54, 1.807) is 35.6 Å². The second-order valence-corrected chi connectivity index (χ2v) is 9.47. The van der Waals surface area contributed by atoms with Crippen LogP contribution >= 0.6 is 11.8 Å². The summed E-state index contributed by atoms with van der Waals surface area (Å²) >= 11 is 1.45. The fourth-order valence-corrected chi connectivity index (χ4v) is 5.03. The Kier molecular flexibility index (Phi) is 6.76. The molecule has 35 heavy (non-hydrogen) atoms. The molecule has 1 aliphatic heterocycles. The summed E-state index contributed by atoms with van der Waals surface area (Å²) in [5, 5.41) is 4.41. The van der Waals surface area contributed by atoms with E-state index in [0.717, 1.165) is 29.4 Å². The average Bonchev–Trinajstić information content (AvgIpc) is 3.27. The number of furan rings is 1. The monoisotopic (exact) mass is 487 g/mol. The van der Waals surface area contributed by atoms with Crippen LogP contribution in [0, 0.1) is 12.8 Å². The smallest absolute Gasteiger partial charge is 0.289 e. The van der Waals surface area contributed by atoms with Gasteiger partial charge in [0.25, 0.3) is 5.91 Å². The van der Waals surface area contributed by atoms with Gasteiger partial charge in [0.1, 0.15) is 11.4 Å². The Bertz CT molecular complexity index is 1340. The zero-order valence-electron chi connectivity index (χ0n) is 19.3. The zero-order chi connectivity index (χ0) is 24.2. The normalized spacial score (nSPS) is 15.8. The number of piperidine rings is 1. The number of thioether (sulfide) groups is 1. The first-order valence-corrected chi connectivity index (χ1v) is 12.5. The Morgan fingerprint density at radius 1 is 1.11 bits per heavy atom. The van der Waals surface area contributed by atoms with Crippen LogP contribution in [0.25, 0.3) is 11.0 Å². The first-order chi connectivity index (χ1) is 17.1. The number of aryl methyl sites for hydroxylation is 1. The Morgan fingerprint density at radius 2 is 1.94 bits per heavy atom. The first kappa shape index (κ1) is 23.0. The summed E-state index contributed by atoms with van der Waals surface area (Å²) in [7, 11) is 0. The van der Waals surface area contributed by atoms with Crippen molar-refractivity contribution in [2.24, 2.45) is 5.92 Å². The maximum atomic E-state index is 13.6. The zero-order valence-corrected chi connectivity index (χ0v) is 20.1. The summed E-state index contributed by atoms with van der Waals surface area (Å²) in [6, 6.07) is 13.1. The molecule has 1 atom stereocenters. The highest BCUT2D eigenvalue weighted by atomic mass is 32.2. The molecule has 0 aliphatic carbocycles. The molecule has 0 spiro atoms. The van der Waals surface area contributed by atoms with Crippen molar-refractivity contribution >= 4 is 40.4 Å². The minimum Gasteiger partial charge on any atom is -0.451 e. The third kappa shape index (κ3) is 5.19. The molecule has 2 amide bonds. The molecule has 1 aliphatic rings. The number of rotatable bonds is 6. The SMILES string of the molecule is Cc1ccc(NC(=O)C2CCCN(C(=O)c3oc4ccccc4c3CSc3ncccn3)C2)nc1. The van der Waals surface area contributed by atoms with Gasteiger partial charge in [0.2, 0.25) is 5.91 Å². The van der Waals surface area contributed by atoms with Crippen LogP contribution in [0.1, 0.15) is 34.5 Å². The number of carbonyl (C=O) groups excluding carboxylic acids is 2. The van der Waals surface area contributed by atoms with E-state index >= 15 is 0 Å². The number of aromatic nitrogens is 3. The predicted octanol–water partition coefficient (Wildman–Crippen LogP) is 4.71. The molecule has 1 saturated heterocycles. The molecule has 8 nitrogen and oxygen atoms in total. The maximum absolute atomic E-state index is 13.6. The summed E-state index contributed by atoms with van der Waals surface area (Å²) in [5.41, 5.74) is 2.51. The minimum absolute atomic E-state index is 0.125. The van der Waals surface area contributed by atoms with Gasteiger partial charge in [-0.1, -0.05) is 36.0 Å². The van der Waals surface area contributed by atoms with Gasteiger partial charge in [0, 0.05) is 48.4 Å². The van der Waals surface area contributed by atoms with Gasteiger partial charge >= 0.3 is 0 Å². The lowest BCUT2D eigenvalue weighted by Gasteiger charge is -2.31. The van der Waals surface area contributed by atoms with Crippen molar-refractivity contribution in [2.75, 3.05) is 18.4 Å². The second-order valence-electron chi connectivity index (χ2n) is 8.53. The molecular formula is C26H25N5O3S. The quantitative estimate of drug-likeness (QED) is 0.310. The van der Waals surface area contributed by atoms with Gasteiger partial charge in [-0.05, 0) is 43.5 Å². The van der Waals surface area contributed by atoms with Gasteiger partial charge in [0.15, 0.2) is 10.9 Å². The lowest BCUT2D eigenvalue weighted by Crippen LogP contribution is -2.44. The van der Waals surface area contributed by atoms with Gasteiger partial charge in [-0.25, -0.2) is 15.0 Å². The van der Waals surface area contributed by atoms with Crippen LogP contribution in [0.4, 0.5) is 5.82 Å². The number of benzene rings is 1. The molecule has 0 radical (unpaired) electrons. The number of likely N-dealkylation sites (tertiary alicyclic amines) is 1. The summed E-state index contributed by atoms with van der Waals surface area (Å²) in [6.07, 6.45) is 6.57. The number of hydrogen-bond donors (Lipinski definition) is 1. The van der Waals surface area contributed by atoms with E-state index in [-0.39, 0.29) is 17.7 Å². The van der Waals surface area contributed by atoms with Crippen molar-refractivity contribution in [1.29, 1.82) is 0 Å². The van der Waals surface area contributed by atoms with Crippen molar-refractivity contribution in [3.63, 3.8) is 0 Å². The van der Waals surface area contributed by atoms with Crippen LogP contribution in [0.3, 0.4) is 0 Å². The summed E-state index contributed by atoms with van der Waals surface area (Å²) in [6.45, 7) is 2.86. The van der Waals surface area contributed by atoms with Crippen molar-refractivity contribution in [2.45, 2.75) is 30.7 Å². The van der Waals surface area contributed by atoms with Crippen molar-refractivity contribution < 1.29 is 14.0 Å². The number of fused-ring (bicyclic) bond motifs is 1. The third-order valence-corrected chi connectivity index (χ3v) is 6.92. The molecule has 178 valence electrons. The van der Waals surface area contributed by atoms with Crippen molar-refractivity contribution in [1.82, 2.24) is 19.9 Å². The predicted molar refractivity (Wildman–Crippen MR) is 134 cm³/mol. The Labute approximate surface area is 207 Å². The van der Waals surface area contributed by atoms with E-state index in [4.69, 9.17) is 4.42 Å². The van der Waals surface area contributed by atoms with E-state index in [1.165, 1.54) is 11.8 Å². The molecule has 1 N–H and O–H groups in total. The number of pyridine rings is 1. The molecule has 1 aromatic carbocycles. The molecule has 1 fully saturated rings. The van der Waals surface area contributed by atoms with Gasteiger partial charge in [-0.3, -0.25) is 9.59 Å². The number of para-hydroxylation sites is 1. The van der Waals surface area contributed by atoms with E-state index in [1.807, 2.05) is 37.3 Å². The number of anilines is 1. The maximum Gasteiger partial charge on any atom is 0.289 e. The standard InChI is InChI=1S/C26H25N5O3S/c1-17-9-10-22(29-14-17)30-24(32)18-6-4-13-31(15-18)25(33)23-20(16-35-26-27-11-5-12-28-26)19-7-2-3-8-21(19)34-23/h2-3,5,7-12,14,18H,4,6,13,15-16H2,1H3,(H,29,30,32). The lowest BCUT2D eigenvalue weighted by atomic mass is 9.96. The Hall–Kier alpha value is -3.72. The topological polar surface area (TPSA) is 101 Å². The third-order valence-electron chi connectivity index (χ3n) is 6.02. The second kappa shape index (κ2) is 10.3. The fourth-order valence-electron chi connectivity index (χ4n) is 4.20. The number of nitrogens with one attached hydrogen (secondary N) is 1. The van der Waals surface area contributed by atoms with E-state index < -0.39 is 0 Å². The van der Waals surface area contributed by atoms with Gasteiger partial charge in [-0.15, -0.1) is 0 Å². The van der Waals surface area contributed by atoms with E-state index in [0.29, 0.717) is 41.2 Å². The Morgan fingerprint density at radius 3 is 2.74 bits per heavy atom. The van der Waals surface area contributed by atoms with Crippen LogP contribution in [0.5, 0.6) is 0 Å². The van der Waals surface area contributed by atoms with Crippen LogP contribution in [0.15, 0.2) is 70.6 Å². The fraction of sp³-hybridized carbons (Fsp3) is 0.269. The average molecular weight is 488 g/mol. The van der Waals surface area contributed by atoms with E-state index in [2.05, 4.69) is 20.3 Å². The molecule has 4 aromatic rings. The van der Waals surface area contributed by atoms with E-state index in [9.17, 15) is 9.59 Å². The van der Waals surface area contributed by atoms with Gasteiger partial charge in [0.05, 0.1) is 5.92 Å². The Balaban J connectivity index is 1.34. The molecule has 1 unspecified atom stereocenters. The van der Waals surface area contributed by atoms with Crippen LogP contribution in [-0.2, 0) is 10.5 Å². The summed E-state index contributed by atoms with van der Waals surface area (Å²) in [5.74, 6) is 0.700. The molecular weight excluding hydrogens is 462 g/mol. The summed E-state index contributed by atoms with van der Waals surface area (Å²) < 4.78 is 6.05. The van der Waals surface area contributed by atoms with Gasteiger partial charge in [-0.2, -0.15) is 0 Å². The highest BCUT2D eigenvalue weighted by Crippen LogP contribution is 2.32. The highest BCUT2D eigenvalue weighted by Gasteiger charge is 2.32. The van der Waals surface area contributed by atoms with Gasteiger partial charge < -0.3 is 14.6 Å². The molecule has 5 rings (SSSR count). The number of nitrogens with zero attached hydrogens (tertiary/aromatic N) is 4. The number of amides is 2. The highest BCUT2D eigenvalue weighted by molar-refractivity contribution is 7.98. The number of hydrogen-bond acceptors (Lipinski definition) is 7. The molecule has 3 aromatic heterocycles. The summed E-state index contributed by atoms with van der Waals surface area (Å²) in [4.78, 5) is 41.0. The van der Waals surface area contributed by atoms with Crippen molar-refractivity contribution in [3.8, 4) is 0 Å². The number of carbonyl (C=O) groups is 2. The van der Waals surface area contributed by atoms with Crippen LogP contribution in [-0.4, -0.2) is 44.8 Å². The largest absolute Gasteiger partial charge is 0.451 e. The van der Waals surface area contributed by atoms with Crippen LogP contribution < -0.4 is 5.32 Å². The van der Waals surface area contributed by atoms with Crippen molar-refractivity contribution in [3.05, 3.63) is 77.9 Å². The molecule has 4 heterocycles. The first-order valence-electron chi connectivity index (χ1n) is 11.5. The molecule has 9 heteroatoms. The molecule has 0 saturated carbocycles. The molecule has 0 bridgehead atoms. The minimum atomic E-state index is -0.310. The van der Waals surface area contributed by atoms with Crippen LogP contribution in [0.2, 0.25) is 0 Å². The lowest BCUT2D eigenvalue weighted by molar-refractivity contribution is -0.121.